The lowest BCUT2D eigenvalue weighted by Gasteiger charge is -2.13. The van der Waals surface area contributed by atoms with Crippen molar-refractivity contribution in [1.29, 1.82) is 0 Å². The molecule has 2 aromatic rings. The van der Waals surface area contributed by atoms with Crippen molar-refractivity contribution in [1.82, 2.24) is 19.5 Å². The summed E-state index contributed by atoms with van der Waals surface area (Å²) < 4.78 is 7.36. The highest BCUT2D eigenvalue weighted by atomic mass is 127. The van der Waals surface area contributed by atoms with Crippen molar-refractivity contribution in [3.8, 4) is 0 Å². The van der Waals surface area contributed by atoms with Gasteiger partial charge in [-0.25, -0.2) is 9.97 Å². The summed E-state index contributed by atoms with van der Waals surface area (Å²) in [4.78, 5) is 23.2. The highest BCUT2D eigenvalue weighted by Crippen LogP contribution is 2.20. The normalized spacial score (nSPS) is 12.6. The molecule has 7 nitrogen and oxygen atoms in total. The monoisotopic (exact) mass is 347 g/mol. The van der Waals surface area contributed by atoms with Gasteiger partial charge in [-0.05, 0) is 29.5 Å². The van der Waals surface area contributed by atoms with Crippen LogP contribution >= 0.6 is 22.6 Å². The van der Waals surface area contributed by atoms with E-state index in [0.717, 1.165) is 0 Å². The van der Waals surface area contributed by atoms with Crippen LogP contribution in [0.15, 0.2) is 6.33 Å². The van der Waals surface area contributed by atoms with Crippen molar-refractivity contribution in [3.63, 3.8) is 0 Å². The van der Waals surface area contributed by atoms with Gasteiger partial charge in [-0.3, -0.25) is 9.36 Å². The molecule has 0 spiro atoms. The number of esters is 1. The molecule has 0 fully saturated rings. The number of nitrogens with two attached hydrogens (primary N) is 1. The smallest absolute Gasteiger partial charge is 0.304 e. The minimum absolute atomic E-state index is 0.165. The molecule has 0 amide bonds. The SMILES string of the molecule is CC(=O)OC(C)n1cnc2c(I)nc(N)nc21. The zero-order chi connectivity index (χ0) is 12.6. The molecular weight excluding hydrogens is 337 g/mol. The molecule has 90 valence electrons. The van der Waals surface area contributed by atoms with Crippen LogP contribution in [-0.4, -0.2) is 25.5 Å². The first-order valence-electron chi connectivity index (χ1n) is 4.82. The van der Waals surface area contributed by atoms with Crippen LogP contribution in [0.4, 0.5) is 5.95 Å². The van der Waals surface area contributed by atoms with Crippen LogP contribution in [0, 0.1) is 3.70 Å². The van der Waals surface area contributed by atoms with E-state index >= 15 is 0 Å². The number of rotatable bonds is 2. The molecule has 1 atom stereocenters. The Hall–Kier alpha value is -1.45. The van der Waals surface area contributed by atoms with E-state index in [0.29, 0.717) is 14.9 Å². The molecular formula is C9H10IN5O2. The van der Waals surface area contributed by atoms with E-state index in [4.69, 9.17) is 10.5 Å². The van der Waals surface area contributed by atoms with Gasteiger partial charge < -0.3 is 10.5 Å². The lowest BCUT2D eigenvalue weighted by molar-refractivity contribution is -0.149. The summed E-state index contributed by atoms with van der Waals surface area (Å²) in [5, 5.41) is 0. The first kappa shape index (κ1) is 12.0. The fourth-order valence-electron chi connectivity index (χ4n) is 1.46. The quantitative estimate of drug-likeness (QED) is 0.496. The van der Waals surface area contributed by atoms with E-state index in [2.05, 4.69) is 15.0 Å². The van der Waals surface area contributed by atoms with Crippen molar-refractivity contribution in [2.24, 2.45) is 0 Å². The van der Waals surface area contributed by atoms with Crippen molar-refractivity contribution in [2.45, 2.75) is 20.1 Å². The summed E-state index contributed by atoms with van der Waals surface area (Å²) >= 11 is 2.03. The number of fused-ring (bicyclic) bond motifs is 1. The van der Waals surface area contributed by atoms with Crippen LogP contribution in [-0.2, 0) is 9.53 Å². The van der Waals surface area contributed by atoms with Crippen LogP contribution in [0.3, 0.4) is 0 Å². The summed E-state index contributed by atoms with van der Waals surface area (Å²) in [7, 11) is 0. The number of nitrogen functional groups attached to an aromatic ring is 1. The molecule has 0 aliphatic rings. The Morgan fingerprint density at radius 3 is 2.94 bits per heavy atom. The molecule has 1 unspecified atom stereocenters. The molecule has 2 N–H and O–H groups in total. The van der Waals surface area contributed by atoms with E-state index in [1.165, 1.54) is 6.92 Å². The number of hydrogen-bond acceptors (Lipinski definition) is 6. The maximum absolute atomic E-state index is 10.9. The molecule has 0 saturated carbocycles. The lowest BCUT2D eigenvalue weighted by Crippen LogP contribution is -2.12. The van der Waals surface area contributed by atoms with E-state index in [1.54, 1.807) is 17.8 Å². The Morgan fingerprint density at radius 1 is 1.59 bits per heavy atom. The summed E-state index contributed by atoms with van der Waals surface area (Å²) in [5.41, 5.74) is 6.77. The third kappa shape index (κ3) is 2.30. The van der Waals surface area contributed by atoms with Gasteiger partial charge in [0.1, 0.15) is 15.5 Å². The zero-order valence-electron chi connectivity index (χ0n) is 9.22. The van der Waals surface area contributed by atoms with Crippen molar-refractivity contribution in [3.05, 3.63) is 10.0 Å². The number of imidazole rings is 1. The maximum atomic E-state index is 10.9. The second-order valence-corrected chi connectivity index (χ2v) is 4.43. The number of carbonyl (C=O) groups excluding carboxylic acids is 1. The van der Waals surface area contributed by atoms with Crippen LogP contribution in [0.25, 0.3) is 11.2 Å². The van der Waals surface area contributed by atoms with Crippen molar-refractivity contribution < 1.29 is 9.53 Å². The number of hydrogen-bond donors (Lipinski definition) is 1. The van der Waals surface area contributed by atoms with E-state index in [1.807, 2.05) is 22.6 Å². The van der Waals surface area contributed by atoms with E-state index < -0.39 is 6.23 Å². The maximum Gasteiger partial charge on any atom is 0.304 e. The third-order valence-electron chi connectivity index (χ3n) is 2.12. The Morgan fingerprint density at radius 2 is 2.29 bits per heavy atom. The average molecular weight is 347 g/mol. The Bertz CT molecular complexity index is 582. The predicted molar refractivity (Wildman–Crippen MR) is 68.9 cm³/mol. The highest BCUT2D eigenvalue weighted by molar-refractivity contribution is 14.1. The summed E-state index contributed by atoms with van der Waals surface area (Å²) in [5.74, 6) is -0.199. The molecule has 2 rings (SSSR count). The largest absolute Gasteiger partial charge is 0.442 e. The van der Waals surface area contributed by atoms with Gasteiger partial charge in [-0.1, -0.05) is 0 Å². The zero-order valence-corrected chi connectivity index (χ0v) is 11.4. The number of nitrogens with zero attached hydrogens (tertiary/aromatic N) is 4. The number of halogens is 1. The number of carbonyl (C=O) groups is 1. The molecule has 0 aliphatic heterocycles. The fraction of sp³-hybridized carbons (Fsp3) is 0.333. The van der Waals surface area contributed by atoms with Gasteiger partial charge in [0.2, 0.25) is 5.95 Å². The molecule has 0 aromatic carbocycles. The number of aromatic nitrogens is 4. The third-order valence-corrected chi connectivity index (χ3v) is 2.88. The summed E-state index contributed by atoms with van der Waals surface area (Å²) in [6, 6.07) is 0. The Balaban J connectivity index is 2.52. The van der Waals surface area contributed by atoms with Gasteiger partial charge in [0.05, 0.1) is 0 Å². The fourth-order valence-corrected chi connectivity index (χ4v) is 2.09. The molecule has 2 aromatic heterocycles. The second-order valence-electron chi connectivity index (χ2n) is 3.41. The van der Waals surface area contributed by atoms with Gasteiger partial charge in [0, 0.05) is 6.92 Å². The molecule has 0 radical (unpaired) electrons. The van der Waals surface area contributed by atoms with E-state index in [-0.39, 0.29) is 11.9 Å². The lowest BCUT2D eigenvalue weighted by atomic mass is 10.5. The molecule has 17 heavy (non-hydrogen) atoms. The Kier molecular flexibility index (Phi) is 3.13. The first-order chi connectivity index (χ1) is 7.99. The van der Waals surface area contributed by atoms with Gasteiger partial charge in [0.15, 0.2) is 11.9 Å². The summed E-state index contributed by atoms with van der Waals surface area (Å²) in [6.07, 6.45) is 1.07. The second kappa shape index (κ2) is 4.43. The number of anilines is 1. The van der Waals surface area contributed by atoms with Crippen LogP contribution in [0.2, 0.25) is 0 Å². The topological polar surface area (TPSA) is 95.9 Å². The number of ether oxygens (including phenoxy) is 1. The predicted octanol–water partition coefficient (Wildman–Crippen LogP) is 1.09. The van der Waals surface area contributed by atoms with Gasteiger partial charge in [-0.2, -0.15) is 4.98 Å². The minimum atomic E-state index is -0.484. The van der Waals surface area contributed by atoms with E-state index in [9.17, 15) is 4.79 Å². The average Bonchev–Trinajstić information content (AvgIpc) is 2.59. The van der Waals surface area contributed by atoms with Crippen molar-refractivity contribution in [2.75, 3.05) is 5.73 Å². The molecule has 0 bridgehead atoms. The van der Waals surface area contributed by atoms with Crippen LogP contribution < -0.4 is 5.73 Å². The summed E-state index contributed by atoms with van der Waals surface area (Å²) in [6.45, 7) is 3.08. The van der Waals surface area contributed by atoms with Gasteiger partial charge in [0.25, 0.3) is 0 Å². The standard InChI is InChI=1S/C9H10IN5O2/c1-4(17-5(2)16)15-3-12-6-7(10)13-9(11)14-8(6)15/h3-4H,1-2H3,(H2,11,13,14). The van der Waals surface area contributed by atoms with Gasteiger partial charge >= 0.3 is 5.97 Å². The first-order valence-corrected chi connectivity index (χ1v) is 5.89. The Labute approximate surface area is 111 Å². The highest BCUT2D eigenvalue weighted by Gasteiger charge is 2.15. The molecule has 0 aliphatic carbocycles. The molecule has 8 heteroatoms. The van der Waals surface area contributed by atoms with Crippen LogP contribution in [0.5, 0.6) is 0 Å². The molecule has 0 saturated heterocycles. The van der Waals surface area contributed by atoms with Crippen molar-refractivity contribution >= 4 is 45.7 Å². The van der Waals surface area contributed by atoms with Crippen LogP contribution in [0.1, 0.15) is 20.1 Å². The minimum Gasteiger partial charge on any atom is -0.442 e. The molecule has 2 heterocycles. The van der Waals surface area contributed by atoms with Gasteiger partial charge in [-0.15, -0.1) is 0 Å².